The molecule has 0 unspecified atom stereocenters. The Bertz CT molecular complexity index is 760. The minimum atomic E-state index is -3.75. The summed E-state index contributed by atoms with van der Waals surface area (Å²) in [6, 6.07) is 9.17. The van der Waals surface area contributed by atoms with Gasteiger partial charge >= 0.3 is 0 Å². The van der Waals surface area contributed by atoms with Crippen LogP contribution in [0.1, 0.15) is 0 Å². The minimum Gasteiger partial charge on any atom is -0.212 e. The number of hydrogen-bond acceptors (Lipinski definition) is 3. The zero-order chi connectivity index (χ0) is 14.9. The molecule has 8 heteroatoms. The van der Waals surface area contributed by atoms with Gasteiger partial charge in [-0.15, -0.1) is 0 Å². The molecule has 20 heavy (non-hydrogen) atoms. The molecule has 2 aromatic carbocycles. The number of hydrogen-bond donors (Lipinski definition) is 0. The van der Waals surface area contributed by atoms with E-state index in [1.165, 1.54) is 18.2 Å². The van der Waals surface area contributed by atoms with Crippen LogP contribution in [0, 0.1) is 0 Å². The summed E-state index contributed by atoms with van der Waals surface area (Å²) in [5.41, 5.74) is 0. The molecular formula is C12H6Cl4O2S2. The van der Waals surface area contributed by atoms with Crippen molar-refractivity contribution in [1.82, 2.24) is 0 Å². The van der Waals surface area contributed by atoms with Crippen molar-refractivity contribution >= 4 is 66.1 Å². The third-order valence-electron chi connectivity index (χ3n) is 2.30. The molecule has 106 valence electrons. The largest absolute Gasteiger partial charge is 0.236 e. The van der Waals surface area contributed by atoms with Gasteiger partial charge in [-0.05, 0) is 24.3 Å². The van der Waals surface area contributed by atoms with Crippen molar-refractivity contribution in [3.05, 3.63) is 56.5 Å². The van der Waals surface area contributed by atoms with E-state index in [2.05, 4.69) is 0 Å². The molecule has 0 fully saturated rings. The molecule has 2 aromatic rings. The summed E-state index contributed by atoms with van der Waals surface area (Å²) in [5.74, 6) is 0. The molecule has 0 atom stereocenters. The predicted octanol–water partition coefficient (Wildman–Crippen LogP) is 5.78. The summed E-state index contributed by atoms with van der Waals surface area (Å²) in [6.07, 6.45) is 0. The first-order valence-electron chi connectivity index (χ1n) is 5.15. The Morgan fingerprint density at radius 2 is 1.35 bits per heavy atom. The molecule has 0 spiro atoms. The molecule has 0 N–H and O–H groups in total. The molecule has 0 aliphatic rings. The Hall–Kier alpha value is -0.100. The second-order valence-corrected chi connectivity index (χ2v) is 8.98. The lowest BCUT2D eigenvalue weighted by Gasteiger charge is -2.08. The van der Waals surface area contributed by atoms with Gasteiger partial charge in [-0.3, -0.25) is 0 Å². The van der Waals surface area contributed by atoms with Gasteiger partial charge in [-0.2, -0.15) is 0 Å². The molecule has 0 saturated heterocycles. The first kappa shape index (κ1) is 16.3. The van der Waals surface area contributed by atoms with Gasteiger partial charge in [-0.1, -0.05) is 58.5 Å². The molecule has 0 saturated carbocycles. The Morgan fingerprint density at radius 3 is 2.00 bits per heavy atom. The Kier molecular flexibility index (Phi) is 5.16. The van der Waals surface area contributed by atoms with Gasteiger partial charge in [-0.25, -0.2) is 8.42 Å². The van der Waals surface area contributed by atoms with Crippen LogP contribution in [0.15, 0.2) is 46.2 Å². The van der Waals surface area contributed by atoms with E-state index in [1.807, 2.05) is 0 Å². The van der Waals surface area contributed by atoms with Crippen molar-refractivity contribution in [3.63, 3.8) is 0 Å². The van der Waals surface area contributed by atoms with E-state index in [1.54, 1.807) is 18.2 Å². The number of benzene rings is 2. The lowest BCUT2D eigenvalue weighted by molar-refractivity contribution is 0.610. The van der Waals surface area contributed by atoms with Crippen molar-refractivity contribution in [2.45, 2.75) is 9.79 Å². The van der Waals surface area contributed by atoms with E-state index < -0.39 is 8.87 Å². The molecule has 0 amide bonds. The van der Waals surface area contributed by atoms with Crippen molar-refractivity contribution in [3.8, 4) is 0 Å². The molecule has 0 bridgehead atoms. The lowest BCUT2D eigenvalue weighted by atomic mass is 10.4. The molecular weight excluding hydrogens is 382 g/mol. The van der Waals surface area contributed by atoms with Crippen molar-refractivity contribution in [2.24, 2.45) is 0 Å². The molecule has 0 aromatic heterocycles. The SMILES string of the molecule is O=S(=O)(Sc1cccc(Cl)c1Cl)c1cccc(Cl)c1Cl. The van der Waals surface area contributed by atoms with Crippen LogP contribution in [0.3, 0.4) is 0 Å². The highest BCUT2D eigenvalue weighted by atomic mass is 35.5. The van der Waals surface area contributed by atoms with Crippen molar-refractivity contribution in [2.75, 3.05) is 0 Å². The van der Waals surface area contributed by atoms with Gasteiger partial charge in [0.05, 0.1) is 25.0 Å². The fourth-order valence-electron chi connectivity index (χ4n) is 1.39. The van der Waals surface area contributed by atoms with Gasteiger partial charge in [0, 0.05) is 15.7 Å². The monoisotopic (exact) mass is 386 g/mol. The van der Waals surface area contributed by atoms with Gasteiger partial charge < -0.3 is 0 Å². The molecule has 0 radical (unpaired) electrons. The fourth-order valence-corrected chi connectivity index (χ4v) is 5.83. The summed E-state index contributed by atoms with van der Waals surface area (Å²) >= 11 is 23.6. The van der Waals surface area contributed by atoms with Gasteiger partial charge in [0.25, 0.3) is 0 Å². The van der Waals surface area contributed by atoms with E-state index in [4.69, 9.17) is 46.4 Å². The normalized spacial score (nSPS) is 11.6. The molecule has 2 rings (SSSR count). The first-order valence-corrected chi connectivity index (χ1v) is 9.48. The van der Waals surface area contributed by atoms with E-state index in [-0.39, 0.29) is 25.0 Å². The Morgan fingerprint density at radius 1 is 0.800 bits per heavy atom. The summed E-state index contributed by atoms with van der Waals surface area (Å²) in [6.45, 7) is 0. The minimum absolute atomic E-state index is 0.0141. The molecule has 0 aliphatic carbocycles. The quantitative estimate of drug-likeness (QED) is 0.625. The summed E-state index contributed by atoms with van der Waals surface area (Å²) in [4.78, 5) is 0.267. The van der Waals surface area contributed by atoms with Crippen LogP contribution in [-0.2, 0) is 8.87 Å². The highest BCUT2D eigenvalue weighted by Crippen LogP contribution is 2.41. The van der Waals surface area contributed by atoms with Crippen LogP contribution in [-0.4, -0.2) is 8.42 Å². The van der Waals surface area contributed by atoms with E-state index in [0.717, 1.165) is 0 Å². The zero-order valence-electron chi connectivity index (χ0n) is 9.61. The van der Waals surface area contributed by atoms with Gasteiger partial charge in [0.2, 0.25) is 8.87 Å². The summed E-state index contributed by atoms with van der Waals surface area (Å²) < 4.78 is 24.7. The maximum Gasteiger partial charge on any atom is 0.236 e. The molecule has 0 aliphatic heterocycles. The third-order valence-corrected chi connectivity index (χ3v) is 7.52. The third kappa shape index (κ3) is 3.38. The lowest BCUT2D eigenvalue weighted by Crippen LogP contribution is -1.97. The van der Waals surface area contributed by atoms with Gasteiger partial charge in [0.1, 0.15) is 0 Å². The highest BCUT2D eigenvalue weighted by molar-refractivity contribution is 8.72. The van der Waals surface area contributed by atoms with Crippen LogP contribution in [0.25, 0.3) is 0 Å². The molecule has 2 nitrogen and oxygen atoms in total. The van der Waals surface area contributed by atoms with Crippen LogP contribution >= 0.6 is 57.2 Å². The van der Waals surface area contributed by atoms with Crippen LogP contribution in [0.5, 0.6) is 0 Å². The summed E-state index contributed by atoms with van der Waals surface area (Å²) in [5, 5.41) is 0.621. The number of rotatable bonds is 3. The second-order valence-electron chi connectivity index (χ2n) is 3.64. The average molecular weight is 388 g/mol. The topological polar surface area (TPSA) is 34.1 Å². The van der Waals surface area contributed by atoms with Crippen molar-refractivity contribution in [1.29, 1.82) is 0 Å². The molecule has 0 heterocycles. The highest BCUT2D eigenvalue weighted by Gasteiger charge is 2.23. The van der Waals surface area contributed by atoms with Gasteiger partial charge in [0.15, 0.2) is 0 Å². The maximum atomic E-state index is 12.4. The standard InChI is InChI=1S/C12H6Cl4O2S2/c13-7-3-1-5-9(11(7)15)19-20(17,18)10-6-2-4-8(14)12(10)16/h1-6H. The summed E-state index contributed by atoms with van der Waals surface area (Å²) in [7, 11) is -3.17. The van der Waals surface area contributed by atoms with E-state index in [9.17, 15) is 8.42 Å². The van der Waals surface area contributed by atoms with Crippen LogP contribution in [0.2, 0.25) is 20.1 Å². The van der Waals surface area contributed by atoms with Crippen molar-refractivity contribution < 1.29 is 8.42 Å². The Labute approximate surface area is 140 Å². The second kappa shape index (κ2) is 6.34. The van der Waals surface area contributed by atoms with E-state index in [0.29, 0.717) is 15.7 Å². The fraction of sp³-hybridized carbons (Fsp3) is 0. The average Bonchev–Trinajstić information content (AvgIpc) is 2.38. The van der Waals surface area contributed by atoms with Crippen LogP contribution in [0.4, 0.5) is 0 Å². The zero-order valence-corrected chi connectivity index (χ0v) is 14.3. The van der Waals surface area contributed by atoms with Crippen LogP contribution < -0.4 is 0 Å². The maximum absolute atomic E-state index is 12.4. The smallest absolute Gasteiger partial charge is 0.212 e. The Balaban J connectivity index is 2.47. The number of halogens is 4. The predicted molar refractivity (Wildman–Crippen MR) is 86.0 cm³/mol. The van der Waals surface area contributed by atoms with E-state index >= 15 is 0 Å². The first-order chi connectivity index (χ1) is 9.33.